The molecule has 29 heavy (non-hydrogen) atoms. The predicted octanol–water partition coefficient (Wildman–Crippen LogP) is 3.86. The molecule has 0 spiro atoms. The Kier molecular flexibility index (Phi) is 4.65. The summed E-state index contributed by atoms with van der Waals surface area (Å²) in [4.78, 5) is 22.1. The van der Waals surface area contributed by atoms with Crippen LogP contribution in [0.2, 0.25) is 0 Å². The van der Waals surface area contributed by atoms with Gasteiger partial charge in [-0.15, -0.1) is 0 Å². The van der Waals surface area contributed by atoms with Gasteiger partial charge in [0.1, 0.15) is 0 Å². The fourth-order valence-electron chi connectivity index (χ4n) is 3.25. The summed E-state index contributed by atoms with van der Waals surface area (Å²) in [5, 5.41) is 1.29. The highest BCUT2D eigenvalue weighted by Crippen LogP contribution is 2.34. The van der Waals surface area contributed by atoms with Crippen molar-refractivity contribution in [1.82, 2.24) is 14.5 Å². The van der Waals surface area contributed by atoms with Crippen molar-refractivity contribution in [3.63, 3.8) is 0 Å². The summed E-state index contributed by atoms with van der Waals surface area (Å²) in [6.07, 6.45) is 3.49. The van der Waals surface area contributed by atoms with E-state index in [0.29, 0.717) is 28.4 Å². The number of benzene rings is 2. The van der Waals surface area contributed by atoms with Gasteiger partial charge >= 0.3 is 0 Å². The van der Waals surface area contributed by atoms with Gasteiger partial charge in [-0.25, -0.2) is 4.98 Å². The van der Waals surface area contributed by atoms with Crippen LogP contribution in [-0.4, -0.2) is 21.3 Å². The molecule has 6 nitrogen and oxygen atoms in total. The molecule has 2 aromatic heterocycles. The van der Waals surface area contributed by atoms with Crippen molar-refractivity contribution in [2.24, 2.45) is 0 Å². The number of fused-ring (bicyclic) bond motifs is 2. The third kappa shape index (κ3) is 3.56. The van der Waals surface area contributed by atoms with E-state index in [2.05, 4.69) is 4.98 Å². The molecule has 0 bridgehead atoms. The third-order valence-electron chi connectivity index (χ3n) is 4.70. The third-order valence-corrected chi connectivity index (χ3v) is 5.74. The molecule has 0 saturated heterocycles. The summed E-state index contributed by atoms with van der Waals surface area (Å²) in [7, 11) is 0. The molecule has 0 unspecified atom stereocenters. The molecule has 2 aromatic carbocycles. The molecule has 0 saturated carbocycles. The Labute approximate surface area is 171 Å². The first-order valence-corrected chi connectivity index (χ1v) is 10.2. The number of hydrogen-bond acceptors (Lipinski definition) is 6. The first-order chi connectivity index (χ1) is 14.3. The van der Waals surface area contributed by atoms with Crippen LogP contribution in [0.25, 0.3) is 10.9 Å². The van der Waals surface area contributed by atoms with Gasteiger partial charge in [0.25, 0.3) is 5.56 Å². The fourth-order valence-corrected chi connectivity index (χ4v) is 4.19. The van der Waals surface area contributed by atoms with Crippen LogP contribution >= 0.6 is 11.8 Å². The van der Waals surface area contributed by atoms with E-state index in [0.717, 1.165) is 22.6 Å². The van der Waals surface area contributed by atoms with Gasteiger partial charge in [-0.05, 0) is 41.5 Å². The number of pyridine rings is 1. The molecular weight excluding hydrogens is 386 g/mol. The minimum atomic E-state index is -0.0485. The summed E-state index contributed by atoms with van der Waals surface area (Å²) in [6, 6.07) is 17.2. The lowest BCUT2D eigenvalue weighted by molar-refractivity contribution is 0.174. The highest BCUT2D eigenvalue weighted by Gasteiger charge is 2.15. The Morgan fingerprint density at radius 2 is 1.90 bits per heavy atom. The molecule has 3 heterocycles. The lowest BCUT2D eigenvalue weighted by Gasteiger charge is -2.13. The summed E-state index contributed by atoms with van der Waals surface area (Å²) in [5.41, 5.74) is 2.69. The summed E-state index contributed by atoms with van der Waals surface area (Å²) < 4.78 is 12.6. The van der Waals surface area contributed by atoms with Crippen LogP contribution in [0, 0.1) is 0 Å². The molecule has 0 atom stereocenters. The highest BCUT2D eigenvalue weighted by molar-refractivity contribution is 7.98. The van der Waals surface area contributed by atoms with Crippen molar-refractivity contribution in [2.45, 2.75) is 17.5 Å². The highest BCUT2D eigenvalue weighted by atomic mass is 32.2. The van der Waals surface area contributed by atoms with Gasteiger partial charge in [0.2, 0.25) is 6.79 Å². The normalized spacial score (nSPS) is 12.4. The maximum Gasteiger partial charge on any atom is 0.262 e. The second-order valence-electron chi connectivity index (χ2n) is 6.64. The summed E-state index contributed by atoms with van der Waals surface area (Å²) in [5.74, 6) is 2.17. The number of nitrogens with zero attached hydrogens (tertiary/aromatic N) is 3. The Hall–Kier alpha value is -3.32. The lowest BCUT2D eigenvalue weighted by Crippen LogP contribution is -2.24. The first kappa shape index (κ1) is 17.8. The molecular formula is C22H17N3O3S. The van der Waals surface area contributed by atoms with E-state index in [1.165, 1.54) is 11.8 Å². The van der Waals surface area contributed by atoms with Crippen LogP contribution in [0.3, 0.4) is 0 Å². The van der Waals surface area contributed by atoms with E-state index in [-0.39, 0.29) is 12.4 Å². The van der Waals surface area contributed by atoms with Crippen molar-refractivity contribution in [1.29, 1.82) is 0 Å². The zero-order valence-corrected chi connectivity index (χ0v) is 16.3. The van der Waals surface area contributed by atoms with Crippen LogP contribution < -0.4 is 15.0 Å². The minimum Gasteiger partial charge on any atom is -0.454 e. The summed E-state index contributed by atoms with van der Waals surface area (Å²) in [6.45, 7) is 0.677. The number of hydrogen-bond donors (Lipinski definition) is 0. The molecule has 1 aliphatic heterocycles. The molecule has 5 rings (SSSR count). The molecule has 1 aliphatic rings. The second-order valence-corrected chi connectivity index (χ2v) is 7.58. The van der Waals surface area contributed by atoms with E-state index < -0.39 is 0 Å². The smallest absolute Gasteiger partial charge is 0.262 e. The van der Waals surface area contributed by atoms with Gasteiger partial charge in [0.15, 0.2) is 16.7 Å². The topological polar surface area (TPSA) is 66.2 Å². The van der Waals surface area contributed by atoms with Gasteiger partial charge in [-0.2, -0.15) is 0 Å². The van der Waals surface area contributed by atoms with Gasteiger partial charge in [0.05, 0.1) is 17.4 Å². The minimum absolute atomic E-state index is 0.0485. The zero-order chi connectivity index (χ0) is 19.6. The van der Waals surface area contributed by atoms with Gasteiger partial charge in [-0.3, -0.25) is 14.3 Å². The van der Waals surface area contributed by atoms with Crippen LogP contribution in [0.15, 0.2) is 76.9 Å². The quantitative estimate of drug-likeness (QED) is 0.372. The number of aromatic nitrogens is 3. The molecule has 7 heteroatoms. The molecule has 0 aliphatic carbocycles. The molecule has 0 fully saturated rings. The molecule has 4 aromatic rings. The van der Waals surface area contributed by atoms with Crippen molar-refractivity contribution in [2.75, 3.05) is 6.79 Å². The summed E-state index contributed by atoms with van der Waals surface area (Å²) >= 11 is 1.53. The zero-order valence-electron chi connectivity index (χ0n) is 15.4. The average Bonchev–Trinajstić information content (AvgIpc) is 3.23. The second kappa shape index (κ2) is 7.60. The lowest BCUT2D eigenvalue weighted by atomic mass is 10.2. The number of para-hydroxylation sites is 1. The SMILES string of the molecule is O=c1c2ccccc2nc(SCc2ccc3c(c2)OCO3)n1Cc1cccnc1. The van der Waals surface area contributed by atoms with Crippen LogP contribution in [-0.2, 0) is 12.3 Å². The monoisotopic (exact) mass is 403 g/mol. The maximum absolute atomic E-state index is 13.2. The Bertz CT molecular complexity index is 1240. The molecule has 0 N–H and O–H groups in total. The van der Waals surface area contributed by atoms with Gasteiger partial charge in [-0.1, -0.05) is 36.0 Å². The van der Waals surface area contributed by atoms with E-state index in [9.17, 15) is 4.79 Å². The largest absolute Gasteiger partial charge is 0.454 e. The standard InChI is InChI=1S/C22H17N3O3S/c26-21-17-5-1-2-6-18(17)24-22(25(21)12-16-4-3-9-23-11-16)29-13-15-7-8-19-20(10-15)28-14-27-19/h1-11H,12-14H2. The first-order valence-electron chi connectivity index (χ1n) is 9.18. The van der Waals surface area contributed by atoms with Gasteiger partial charge in [0, 0.05) is 18.1 Å². The number of ether oxygens (including phenoxy) is 2. The molecule has 0 radical (unpaired) electrons. The maximum atomic E-state index is 13.2. The van der Waals surface area contributed by atoms with Crippen LogP contribution in [0.1, 0.15) is 11.1 Å². The van der Waals surface area contributed by atoms with E-state index >= 15 is 0 Å². The Balaban J connectivity index is 1.51. The van der Waals surface area contributed by atoms with E-state index in [1.807, 2.05) is 54.6 Å². The fraction of sp³-hybridized carbons (Fsp3) is 0.136. The van der Waals surface area contributed by atoms with Crippen molar-refractivity contribution in [3.8, 4) is 11.5 Å². The number of rotatable bonds is 5. The molecule has 0 amide bonds. The van der Waals surface area contributed by atoms with Crippen molar-refractivity contribution in [3.05, 3.63) is 88.5 Å². The predicted molar refractivity (Wildman–Crippen MR) is 111 cm³/mol. The van der Waals surface area contributed by atoms with E-state index in [1.54, 1.807) is 17.0 Å². The number of thioether (sulfide) groups is 1. The van der Waals surface area contributed by atoms with Crippen molar-refractivity contribution < 1.29 is 9.47 Å². The van der Waals surface area contributed by atoms with Crippen LogP contribution in [0.4, 0.5) is 0 Å². The molecule has 144 valence electrons. The Morgan fingerprint density at radius 1 is 1.00 bits per heavy atom. The van der Waals surface area contributed by atoms with E-state index in [4.69, 9.17) is 14.5 Å². The van der Waals surface area contributed by atoms with Gasteiger partial charge < -0.3 is 9.47 Å². The Morgan fingerprint density at radius 3 is 2.79 bits per heavy atom. The van der Waals surface area contributed by atoms with Crippen molar-refractivity contribution >= 4 is 22.7 Å². The van der Waals surface area contributed by atoms with Crippen LogP contribution in [0.5, 0.6) is 11.5 Å². The average molecular weight is 403 g/mol.